The number of halogens is 1. The summed E-state index contributed by atoms with van der Waals surface area (Å²) < 4.78 is 32.7. The van der Waals surface area contributed by atoms with E-state index in [1.807, 2.05) is 53.6 Å². The maximum Gasteiger partial charge on any atom is 0.410 e. The molecule has 0 bridgehead atoms. The molecule has 7 nitrogen and oxygen atoms in total. The Bertz CT molecular complexity index is 1210. The van der Waals surface area contributed by atoms with Crippen LogP contribution in [0.15, 0.2) is 53.1 Å². The van der Waals surface area contributed by atoms with Gasteiger partial charge in [-0.15, -0.1) is 0 Å². The molecule has 1 atom stereocenters. The Morgan fingerprint density at radius 3 is 2.78 bits per heavy atom. The number of carbonyl (C=O) groups is 1. The lowest BCUT2D eigenvalue weighted by molar-refractivity contribution is 0.0921. The molecule has 0 radical (unpaired) electrons. The first-order chi connectivity index (χ1) is 15.4. The summed E-state index contributed by atoms with van der Waals surface area (Å²) in [5.74, 6) is -0.0932. The van der Waals surface area contributed by atoms with Crippen molar-refractivity contribution in [3.63, 3.8) is 0 Å². The summed E-state index contributed by atoms with van der Waals surface area (Å²) >= 11 is 3.55. The number of aromatic amines is 1. The molecule has 1 fully saturated rings. The van der Waals surface area contributed by atoms with E-state index in [-0.39, 0.29) is 24.5 Å². The third-order valence-corrected chi connectivity index (χ3v) is 7.79. The molecule has 32 heavy (non-hydrogen) atoms. The SMILES string of the molecule is CNS(=O)(=O)Cc1cc(Br)c2[nH]cc(CC3CCCN3C(=O)OCc3ccccc3)c2c1. The lowest BCUT2D eigenvalue weighted by Crippen LogP contribution is -2.37. The van der Waals surface area contributed by atoms with Gasteiger partial charge >= 0.3 is 6.09 Å². The molecule has 170 valence electrons. The van der Waals surface area contributed by atoms with Gasteiger partial charge in [0.2, 0.25) is 10.0 Å². The first kappa shape index (κ1) is 22.8. The smallest absolute Gasteiger partial charge is 0.410 e. The normalized spacial score (nSPS) is 16.6. The molecule has 1 amide bonds. The summed E-state index contributed by atoms with van der Waals surface area (Å²) in [6.07, 6.45) is 4.16. The molecular weight excluding hydrogens is 494 g/mol. The molecule has 1 aromatic heterocycles. The molecule has 3 aromatic rings. The quantitative estimate of drug-likeness (QED) is 0.486. The van der Waals surface area contributed by atoms with Crippen LogP contribution in [0.4, 0.5) is 4.79 Å². The van der Waals surface area contributed by atoms with E-state index in [1.54, 1.807) is 0 Å². The summed E-state index contributed by atoms with van der Waals surface area (Å²) in [7, 11) is -1.96. The highest BCUT2D eigenvalue weighted by atomic mass is 79.9. The Morgan fingerprint density at radius 1 is 1.25 bits per heavy atom. The minimum Gasteiger partial charge on any atom is -0.445 e. The summed E-state index contributed by atoms with van der Waals surface area (Å²) in [6.45, 7) is 0.933. The molecule has 4 rings (SSSR count). The van der Waals surface area contributed by atoms with E-state index >= 15 is 0 Å². The number of likely N-dealkylation sites (tertiary alicyclic amines) is 1. The molecule has 0 saturated carbocycles. The topological polar surface area (TPSA) is 91.5 Å². The molecule has 1 aliphatic heterocycles. The average Bonchev–Trinajstić information content (AvgIpc) is 3.40. The summed E-state index contributed by atoms with van der Waals surface area (Å²) in [6, 6.07) is 13.4. The van der Waals surface area contributed by atoms with Crippen LogP contribution in [0.3, 0.4) is 0 Å². The minimum atomic E-state index is -3.38. The number of rotatable bonds is 7. The molecule has 1 unspecified atom stereocenters. The van der Waals surface area contributed by atoms with E-state index in [9.17, 15) is 13.2 Å². The predicted octanol–water partition coefficient (Wildman–Crippen LogP) is 4.32. The van der Waals surface area contributed by atoms with Crippen molar-refractivity contribution in [2.45, 2.75) is 37.7 Å². The summed E-state index contributed by atoms with van der Waals surface area (Å²) in [5.41, 5.74) is 3.63. The lowest BCUT2D eigenvalue weighted by Gasteiger charge is -2.24. The number of carbonyl (C=O) groups excluding carboxylic acids is 1. The van der Waals surface area contributed by atoms with Crippen molar-refractivity contribution < 1.29 is 17.9 Å². The average molecular weight is 520 g/mol. The van der Waals surface area contributed by atoms with Gasteiger partial charge in [-0.25, -0.2) is 17.9 Å². The Balaban J connectivity index is 1.50. The number of nitrogens with zero attached hydrogens (tertiary/aromatic N) is 1. The number of benzene rings is 2. The maximum absolute atomic E-state index is 12.7. The molecule has 2 heterocycles. The monoisotopic (exact) mass is 519 g/mol. The second kappa shape index (κ2) is 9.64. The highest BCUT2D eigenvalue weighted by molar-refractivity contribution is 9.10. The number of hydrogen-bond acceptors (Lipinski definition) is 4. The van der Waals surface area contributed by atoms with E-state index < -0.39 is 10.0 Å². The van der Waals surface area contributed by atoms with Crippen LogP contribution < -0.4 is 4.72 Å². The van der Waals surface area contributed by atoms with Crippen LogP contribution in [0, 0.1) is 0 Å². The van der Waals surface area contributed by atoms with Crippen molar-refractivity contribution >= 4 is 42.9 Å². The molecule has 0 aliphatic carbocycles. The first-order valence-electron chi connectivity index (χ1n) is 10.5. The molecule has 9 heteroatoms. The van der Waals surface area contributed by atoms with E-state index in [2.05, 4.69) is 25.6 Å². The number of amides is 1. The highest BCUT2D eigenvalue weighted by Gasteiger charge is 2.30. The first-order valence-corrected chi connectivity index (χ1v) is 13.0. The largest absolute Gasteiger partial charge is 0.445 e. The zero-order chi connectivity index (χ0) is 22.7. The van der Waals surface area contributed by atoms with Crippen molar-refractivity contribution in [2.24, 2.45) is 0 Å². The van der Waals surface area contributed by atoms with Gasteiger partial charge in [0.25, 0.3) is 0 Å². The van der Waals surface area contributed by atoms with E-state index in [1.165, 1.54) is 7.05 Å². The van der Waals surface area contributed by atoms with Crippen LogP contribution in [0.5, 0.6) is 0 Å². The van der Waals surface area contributed by atoms with E-state index in [0.717, 1.165) is 39.3 Å². The number of nitrogens with one attached hydrogen (secondary N) is 2. The van der Waals surface area contributed by atoms with Crippen molar-refractivity contribution in [1.82, 2.24) is 14.6 Å². The zero-order valence-corrected chi connectivity index (χ0v) is 20.2. The molecule has 1 aliphatic rings. The van der Waals surface area contributed by atoms with Gasteiger partial charge in [0, 0.05) is 28.6 Å². The Morgan fingerprint density at radius 2 is 2.03 bits per heavy atom. The lowest BCUT2D eigenvalue weighted by atomic mass is 10.0. The minimum absolute atomic E-state index is 0.0424. The van der Waals surface area contributed by atoms with Crippen LogP contribution in [-0.4, -0.2) is 44.0 Å². The summed E-state index contributed by atoms with van der Waals surface area (Å²) in [4.78, 5) is 17.8. The van der Waals surface area contributed by atoms with Crippen molar-refractivity contribution in [3.05, 3.63) is 69.8 Å². The molecule has 2 aromatic carbocycles. The standard InChI is InChI=1S/C23H26BrN3O4S/c1-25-32(29,30)15-17-10-20-18(13-26-22(20)21(24)11-17)12-19-8-5-9-27(19)23(28)31-14-16-6-3-2-4-7-16/h2-4,6-7,10-11,13,19,25-26H,5,8-9,12,14-15H2,1H3. The summed E-state index contributed by atoms with van der Waals surface area (Å²) in [5, 5.41) is 0.963. The third kappa shape index (κ3) is 5.16. The fourth-order valence-electron chi connectivity index (χ4n) is 4.19. The Hall–Kier alpha value is -2.36. The van der Waals surface area contributed by atoms with E-state index in [0.29, 0.717) is 18.5 Å². The third-order valence-electron chi connectivity index (χ3n) is 5.83. The van der Waals surface area contributed by atoms with Gasteiger partial charge in [-0.2, -0.15) is 0 Å². The van der Waals surface area contributed by atoms with Crippen LogP contribution in [0.1, 0.15) is 29.5 Å². The van der Waals surface area contributed by atoms with Gasteiger partial charge in [0.1, 0.15) is 6.61 Å². The van der Waals surface area contributed by atoms with Crippen molar-refractivity contribution in [2.75, 3.05) is 13.6 Å². The Labute approximate surface area is 196 Å². The number of H-pyrrole nitrogens is 1. The number of hydrogen-bond donors (Lipinski definition) is 2. The molecule has 0 spiro atoms. The van der Waals surface area contributed by atoms with E-state index in [4.69, 9.17) is 4.74 Å². The van der Waals surface area contributed by atoms with Crippen LogP contribution in [0.25, 0.3) is 10.9 Å². The van der Waals surface area contributed by atoms with Gasteiger partial charge in [0.05, 0.1) is 11.3 Å². The zero-order valence-electron chi connectivity index (χ0n) is 17.8. The van der Waals surface area contributed by atoms with Crippen LogP contribution in [-0.2, 0) is 33.5 Å². The van der Waals surface area contributed by atoms with Crippen molar-refractivity contribution in [3.8, 4) is 0 Å². The number of ether oxygens (including phenoxy) is 1. The van der Waals surface area contributed by atoms with Gasteiger partial charge in [-0.3, -0.25) is 0 Å². The molecule has 2 N–H and O–H groups in total. The predicted molar refractivity (Wildman–Crippen MR) is 128 cm³/mol. The van der Waals surface area contributed by atoms with Gasteiger partial charge < -0.3 is 14.6 Å². The van der Waals surface area contributed by atoms with Gasteiger partial charge in [-0.05, 0) is 71.1 Å². The van der Waals surface area contributed by atoms with Crippen LogP contribution >= 0.6 is 15.9 Å². The fourth-order valence-corrected chi connectivity index (χ4v) is 5.56. The number of aromatic nitrogens is 1. The fraction of sp³-hybridized carbons (Fsp3) is 0.348. The molecule has 1 saturated heterocycles. The van der Waals surface area contributed by atoms with Crippen molar-refractivity contribution in [1.29, 1.82) is 0 Å². The molecular formula is C23H26BrN3O4S. The second-order valence-electron chi connectivity index (χ2n) is 8.01. The Kier molecular flexibility index (Phi) is 6.88. The van der Waals surface area contributed by atoms with Gasteiger partial charge in [-0.1, -0.05) is 30.3 Å². The maximum atomic E-state index is 12.7. The second-order valence-corrected chi connectivity index (χ2v) is 10.8. The van der Waals surface area contributed by atoms with Crippen LogP contribution in [0.2, 0.25) is 0 Å². The van der Waals surface area contributed by atoms with Gasteiger partial charge in [0.15, 0.2) is 0 Å². The number of sulfonamides is 1. The highest BCUT2D eigenvalue weighted by Crippen LogP contribution is 2.31. The number of fused-ring (bicyclic) bond motifs is 1.